The number of anilines is 1. The van der Waals surface area contributed by atoms with Gasteiger partial charge in [0.15, 0.2) is 11.6 Å². The van der Waals surface area contributed by atoms with Crippen LogP contribution in [-0.4, -0.2) is 31.1 Å². The SMILES string of the molecule is Cc1nnc(C2CCCN2C(=C[N+](=O)[O-])Nc2ccc(C(F)(F)F)cc2)n1Cc1ccc(Cl)cc1. The number of aryl methyl sites for hydroxylation is 1. The molecular weight excluding hydrogens is 485 g/mol. The maximum Gasteiger partial charge on any atom is 0.416 e. The highest BCUT2D eigenvalue weighted by molar-refractivity contribution is 6.30. The summed E-state index contributed by atoms with van der Waals surface area (Å²) in [4.78, 5) is 12.6. The molecule has 0 bridgehead atoms. The number of nitrogens with one attached hydrogen (secondary N) is 1. The van der Waals surface area contributed by atoms with Crippen LogP contribution in [0.15, 0.2) is 60.6 Å². The molecule has 1 aliphatic rings. The van der Waals surface area contributed by atoms with Gasteiger partial charge in [-0.15, -0.1) is 10.2 Å². The van der Waals surface area contributed by atoms with Gasteiger partial charge in [0.1, 0.15) is 5.82 Å². The summed E-state index contributed by atoms with van der Waals surface area (Å²) in [6.07, 6.45) is -2.21. The lowest BCUT2D eigenvalue weighted by Gasteiger charge is -2.28. The number of benzene rings is 2. The van der Waals surface area contributed by atoms with Gasteiger partial charge in [0.25, 0.3) is 6.20 Å². The summed E-state index contributed by atoms with van der Waals surface area (Å²) in [5.41, 5.74) is 0.496. The van der Waals surface area contributed by atoms with E-state index < -0.39 is 16.7 Å². The third kappa shape index (κ3) is 5.73. The minimum Gasteiger partial charge on any atom is -0.343 e. The summed E-state index contributed by atoms with van der Waals surface area (Å²) >= 11 is 5.99. The van der Waals surface area contributed by atoms with Gasteiger partial charge < -0.3 is 14.8 Å². The Morgan fingerprint density at radius 3 is 2.51 bits per heavy atom. The fourth-order valence-electron chi connectivity index (χ4n) is 4.10. The van der Waals surface area contributed by atoms with Crippen molar-refractivity contribution >= 4 is 17.3 Å². The summed E-state index contributed by atoms with van der Waals surface area (Å²) in [6.45, 7) is 2.83. The normalized spacial score (nSPS) is 16.5. The monoisotopic (exact) mass is 506 g/mol. The predicted octanol–water partition coefficient (Wildman–Crippen LogP) is 5.63. The Kier molecular flexibility index (Phi) is 6.97. The van der Waals surface area contributed by atoms with Crippen LogP contribution < -0.4 is 5.32 Å². The zero-order valence-corrected chi connectivity index (χ0v) is 19.4. The van der Waals surface area contributed by atoms with E-state index >= 15 is 0 Å². The van der Waals surface area contributed by atoms with Crippen LogP contribution in [0, 0.1) is 17.0 Å². The third-order valence-electron chi connectivity index (χ3n) is 5.79. The predicted molar refractivity (Wildman–Crippen MR) is 124 cm³/mol. The molecule has 4 rings (SSSR count). The first-order chi connectivity index (χ1) is 16.6. The Hall–Kier alpha value is -3.60. The first kappa shape index (κ1) is 24.5. The second-order valence-electron chi connectivity index (χ2n) is 8.17. The van der Waals surface area contributed by atoms with Crippen molar-refractivity contribution in [3.05, 3.63) is 98.5 Å². The number of hydrogen-bond acceptors (Lipinski definition) is 6. The number of nitro groups is 1. The van der Waals surface area contributed by atoms with Gasteiger partial charge in [0.05, 0.1) is 23.1 Å². The molecule has 0 radical (unpaired) electrons. The fraction of sp³-hybridized carbons (Fsp3) is 0.304. The van der Waals surface area contributed by atoms with Gasteiger partial charge in [-0.25, -0.2) is 0 Å². The van der Waals surface area contributed by atoms with Crippen molar-refractivity contribution in [2.45, 2.75) is 38.5 Å². The van der Waals surface area contributed by atoms with Crippen LogP contribution in [0.2, 0.25) is 5.02 Å². The zero-order valence-electron chi connectivity index (χ0n) is 18.7. The third-order valence-corrected chi connectivity index (χ3v) is 6.04. The molecule has 0 spiro atoms. The van der Waals surface area contributed by atoms with E-state index in [9.17, 15) is 23.3 Å². The second kappa shape index (κ2) is 9.95. The molecule has 1 unspecified atom stereocenters. The summed E-state index contributed by atoms with van der Waals surface area (Å²) in [7, 11) is 0. The molecule has 1 aliphatic heterocycles. The van der Waals surface area contributed by atoms with E-state index in [0.717, 1.165) is 30.3 Å². The van der Waals surface area contributed by atoms with E-state index in [1.165, 1.54) is 12.1 Å². The van der Waals surface area contributed by atoms with Gasteiger partial charge in [-0.2, -0.15) is 13.2 Å². The van der Waals surface area contributed by atoms with Crippen LogP contribution in [0.5, 0.6) is 0 Å². The van der Waals surface area contributed by atoms with Crippen molar-refractivity contribution < 1.29 is 18.1 Å². The van der Waals surface area contributed by atoms with Crippen LogP contribution in [0.1, 0.15) is 41.7 Å². The highest BCUT2D eigenvalue weighted by Gasteiger charge is 2.34. The lowest BCUT2D eigenvalue weighted by molar-refractivity contribution is -0.404. The van der Waals surface area contributed by atoms with Crippen LogP contribution in [-0.2, 0) is 12.7 Å². The van der Waals surface area contributed by atoms with Crippen LogP contribution in [0.4, 0.5) is 18.9 Å². The van der Waals surface area contributed by atoms with Crippen molar-refractivity contribution in [1.29, 1.82) is 0 Å². The lowest BCUT2D eigenvalue weighted by atomic mass is 10.1. The quantitative estimate of drug-likeness (QED) is 0.330. The van der Waals surface area contributed by atoms with Crippen LogP contribution in [0.25, 0.3) is 0 Å². The number of aromatic nitrogens is 3. The van der Waals surface area contributed by atoms with Crippen LogP contribution in [0.3, 0.4) is 0 Å². The van der Waals surface area contributed by atoms with Crippen molar-refractivity contribution in [3.8, 4) is 0 Å². The Balaban J connectivity index is 1.62. The van der Waals surface area contributed by atoms with Gasteiger partial charge >= 0.3 is 6.18 Å². The smallest absolute Gasteiger partial charge is 0.343 e. The number of hydrogen-bond donors (Lipinski definition) is 1. The van der Waals surface area contributed by atoms with E-state index in [1.807, 2.05) is 28.5 Å². The van der Waals surface area contributed by atoms with Gasteiger partial charge in [-0.05, 0) is 61.7 Å². The first-order valence-corrected chi connectivity index (χ1v) is 11.2. The summed E-state index contributed by atoms with van der Waals surface area (Å²) in [5, 5.41) is 23.5. The average Bonchev–Trinajstić information content (AvgIpc) is 3.41. The van der Waals surface area contributed by atoms with Gasteiger partial charge in [0, 0.05) is 17.3 Å². The van der Waals surface area contributed by atoms with E-state index in [-0.39, 0.29) is 11.9 Å². The minimum atomic E-state index is -4.47. The molecule has 1 aromatic heterocycles. The van der Waals surface area contributed by atoms with Gasteiger partial charge in [-0.1, -0.05) is 23.7 Å². The molecule has 1 N–H and O–H groups in total. The fourth-order valence-corrected chi connectivity index (χ4v) is 4.23. The number of likely N-dealkylation sites (tertiary alicyclic amines) is 1. The number of nitrogens with zero attached hydrogens (tertiary/aromatic N) is 5. The topological polar surface area (TPSA) is 89.1 Å². The first-order valence-electron chi connectivity index (χ1n) is 10.8. The van der Waals surface area contributed by atoms with Crippen molar-refractivity contribution in [3.63, 3.8) is 0 Å². The molecular formula is C23H22ClF3N6O2. The Morgan fingerprint density at radius 2 is 1.89 bits per heavy atom. The molecule has 2 heterocycles. The maximum atomic E-state index is 12.9. The Morgan fingerprint density at radius 1 is 1.20 bits per heavy atom. The molecule has 1 saturated heterocycles. The molecule has 2 aromatic carbocycles. The Labute approximate surface area is 204 Å². The van der Waals surface area contributed by atoms with Crippen LogP contribution >= 0.6 is 11.6 Å². The summed E-state index contributed by atoms with van der Waals surface area (Å²) in [5.74, 6) is 1.51. The molecule has 1 atom stereocenters. The summed E-state index contributed by atoms with van der Waals surface area (Å²) < 4.78 is 40.7. The lowest BCUT2D eigenvalue weighted by Crippen LogP contribution is -2.29. The number of alkyl halides is 3. The number of rotatable bonds is 7. The minimum absolute atomic E-state index is 0.163. The largest absolute Gasteiger partial charge is 0.416 e. The zero-order chi connectivity index (χ0) is 25.2. The average molecular weight is 507 g/mol. The second-order valence-corrected chi connectivity index (χ2v) is 8.61. The molecule has 184 valence electrons. The van der Waals surface area contributed by atoms with E-state index in [4.69, 9.17) is 11.6 Å². The number of halogens is 4. The van der Waals surface area contributed by atoms with E-state index in [0.29, 0.717) is 41.9 Å². The van der Waals surface area contributed by atoms with E-state index in [1.54, 1.807) is 12.1 Å². The van der Waals surface area contributed by atoms with Gasteiger partial charge in [-0.3, -0.25) is 10.1 Å². The molecule has 0 saturated carbocycles. The molecule has 0 aliphatic carbocycles. The van der Waals surface area contributed by atoms with Crippen molar-refractivity contribution in [2.24, 2.45) is 0 Å². The molecule has 8 nitrogen and oxygen atoms in total. The Bertz CT molecular complexity index is 1230. The molecule has 35 heavy (non-hydrogen) atoms. The van der Waals surface area contributed by atoms with Gasteiger partial charge in [0.2, 0.25) is 0 Å². The highest BCUT2D eigenvalue weighted by Crippen LogP contribution is 2.36. The molecule has 12 heteroatoms. The maximum absolute atomic E-state index is 12.9. The van der Waals surface area contributed by atoms with E-state index in [2.05, 4.69) is 15.5 Å². The standard InChI is InChI=1S/C23H22ClF3N6O2/c1-15-29-30-22(32(15)13-16-4-8-18(24)9-5-16)20-3-2-12-31(20)21(14-33(34)35)28-19-10-6-17(7-11-19)23(25,26)27/h4-11,14,20,28H,2-3,12-13H2,1H3. The molecule has 1 fully saturated rings. The summed E-state index contributed by atoms with van der Waals surface area (Å²) in [6, 6.07) is 11.4. The van der Waals surface area contributed by atoms with Crippen molar-refractivity contribution in [1.82, 2.24) is 19.7 Å². The molecule has 0 amide bonds. The molecule has 3 aromatic rings. The highest BCUT2D eigenvalue weighted by atomic mass is 35.5. The van der Waals surface area contributed by atoms with Crippen molar-refractivity contribution in [2.75, 3.05) is 11.9 Å².